The summed E-state index contributed by atoms with van der Waals surface area (Å²) < 4.78 is 0. The van der Waals surface area contributed by atoms with Gasteiger partial charge in [0.15, 0.2) is 5.78 Å². The lowest BCUT2D eigenvalue weighted by Gasteiger charge is -2.05. The van der Waals surface area contributed by atoms with E-state index in [1.165, 1.54) is 11.3 Å². The van der Waals surface area contributed by atoms with Crippen LogP contribution in [0.2, 0.25) is 0 Å². The largest absolute Gasteiger partial charge is 0.307 e. The minimum absolute atomic E-state index is 0.0205. The van der Waals surface area contributed by atoms with Crippen LogP contribution in [0.1, 0.15) is 23.3 Å². The van der Waals surface area contributed by atoms with E-state index in [4.69, 9.17) is 0 Å². The van der Waals surface area contributed by atoms with Gasteiger partial charge in [-0.3, -0.25) is 4.79 Å². The van der Waals surface area contributed by atoms with E-state index in [2.05, 4.69) is 10.3 Å². The topological polar surface area (TPSA) is 42.0 Å². The second-order valence-electron chi connectivity index (χ2n) is 2.89. The molecule has 4 heteroatoms. The van der Waals surface area contributed by atoms with Gasteiger partial charge in [0.05, 0.1) is 11.6 Å². The summed E-state index contributed by atoms with van der Waals surface area (Å²) in [5, 5.41) is 4.97. The Morgan fingerprint density at radius 1 is 1.75 bits per heavy atom. The quantitative estimate of drug-likeness (QED) is 0.696. The third-order valence-electron chi connectivity index (χ3n) is 2.06. The van der Waals surface area contributed by atoms with Gasteiger partial charge in [0, 0.05) is 5.38 Å². The molecule has 1 aromatic rings. The number of hydrogen-bond acceptors (Lipinski definition) is 4. The van der Waals surface area contributed by atoms with Crippen molar-refractivity contribution in [1.29, 1.82) is 0 Å². The fourth-order valence-corrected chi connectivity index (χ4v) is 1.96. The van der Waals surface area contributed by atoms with E-state index in [-0.39, 0.29) is 11.8 Å². The summed E-state index contributed by atoms with van der Waals surface area (Å²) in [4.78, 5) is 15.6. The van der Waals surface area contributed by atoms with Gasteiger partial charge in [0.2, 0.25) is 0 Å². The second-order valence-corrected chi connectivity index (χ2v) is 3.61. The molecule has 1 aromatic heterocycles. The molecule has 1 aliphatic heterocycles. The third-order valence-corrected chi connectivity index (χ3v) is 2.65. The molecule has 1 unspecified atom stereocenters. The Morgan fingerprint density at radius 3 is 3.25 bits per heavy atom. The van der Waals surface area contributed by atoms with Gasteiger partial charge in [0.1, 0.15) is 5.69 Å². The molecule has 1 atom stereocenters. The molecular weight excluding hydrogens is 172 g/mol. The van der Waals surface area contributed by atoms with Crippen molar-refractivity contribution in [2.24, 2.45) is 0 Å². The molecule has 0 radical (unpaired) electrons. The Morgan fingerprint density at radius 2 is 2.67 bits per heavy atom. The van der Waals surface area contributed by atoms with Crippen molar-refractivity contribution >= 4 is 17.1 Å². The Balaban J connectivity index is 2.09. The lowest BCUT2D eigenvalue weighted by atomic mass is 10.1. The number of hydrogen-bond donors (Lipinski definition) is 1. The Labute approximate surface area is 74.8 Å². The highest BCUT2D eigenvalue weighted by molar-refractivity contribution is 7.07. The van der Waals surface area contributed by atoms with E-state index >= 15 is 0 Å². The highest BCUT2D eigenvalue weighted by atomic mass is 32.1. The zero-order chi connectivity index (χ0) is 8.39. The number of rotatable bonds is 2. The molecule has 0 aliphatic carbocycles. The first kappa shape index (κ1) is 7.89. The predicted molar refractivity (Wildman–Crippen MR) is 47.5 cm³/mol. The van der Waals surface area contributed by atoms with Gasteiger partial charge in [-0.2, -0.15) is 0 Å². The number of aromatic nitrogens is 1. The molecule has 1 N–H and O–H groups in total. The normalized spacial score (nSPS) is 22.8. The third kappa shape index (κ3) is 1.40. The lowest BCUT2D eigenvalue weighted by Crippen LogP contribution is -2.30. The fraction of sp³-hybridized carbons (Fsp3) is 0.500. The number of ketones is 1. The molecular formula is C8H10N2OS. The number of nitrogens with one attached hydrogen (secondary N) is 1. The zero-order valence-electron chi connectivity index (χ0n) is 6.62. The molecule has 3 nitrogen and oxygen atoms in total. The molecule has 0 saturated carbocycles. The van der Waals surface area contributed by atoms with Crippen molar-refractivity contribution in [3.8, 4) is 0 Å². The van der Waals surface area contributed by atoms with Crippen LogP contribution < -0.4 is 5.32 Å². The van der Waals surface area contributed by atoms with Gasteiger partial charge < -0.3 is 5.32 Å². The number of carbonyl (C=O) groups is 1. The van der Waals surface area contributed by atoms with Crippen LogP contribution >= 0.6 is 11.3 Å². The number of thiazole rings is 1. The van der Waals surface area contributed by atoms with E-state index in [0.717, 1.165) is 19.4 Å². The van der Waals surface area contributed by atoms with Crippen molar-refractivity contribution < 1.29 is 4.79 Å². The number of Topliss-reactive ketones (excluding diaryl/α,β-unsaturated/α-hetero) is 1. The van der Waals surface area contributed by atoms with E-state index in [1.807, 2.05) is 5.38 Å². The van der Waals surface area contributed by atoms with Crippen molar-refractivity contribution in [3.63, 3.8) is 0 Å². The predicted octanol–water partition coefficient (Wildman–Crippen LogP) is 1.08. The van der Waals surface area contributed by atoms with Crippen LogP contribution in [-0.2, 0) is 0 Å². The van der Waals surface area contributed by atoms with Gasteiger partial charge in [-0.05, 0) is 19.4 Å². The first-order valence-corrected chi connectivity index (χ1v) is 4.98. The Hall–Kier alpha value is -0.740. The van der Waals surface area contributed by atoms with Crippen LogP contribution in [-0.4, -0.2) is 23.4 Å². The van der Waals surface area contributed by atoms with Crippen LogP contribution in [0.4, 0.5) is 0 Å². The van der Waals surface area contributed by atoms with Gasteiger partial charge in [0.25, 0.3) is 0 Å². The summed E-state index contributed by atoms with van der Waals surface area (Å²) in [7, 11) is 0. The molecule has 1 saturated heterocycles. The van der Waals surface area contributed by atoms with Crippen LogP contribution in [0.5, 0.6) is 0 Å². The highest BCUT2D eigenvalue weighted by Gasteiger charge is 2.23. The molecule has 2 rings (SSSR count). The highest BCUT2D eigenvalue weighted by Crippen LogP contribution is 2.11. The van der Waals surface area contributed by atoms with E-state index < -0.39 is 0 Å². The van der Waals surface area contributed by atoms with Gasteiger partial charge in [-0.25, -0.2) is 4.98 Å². The summed E-state index contributed by atoms with van der Waals surface area (Å²) in [5.41, 5.74) is 2.31. The molecule has 0 spiro atoms. The zero-order valence-corrected chi connectivity index (χ0v) is 7.43. The maximum Gasteiger partial charge on any atom is 0.198 e. The smallest absolute Gasteiger partial charge is 0.198 e. The monoisotopic (exact) mass is 182 g/mol. The van der Waals surface area contributed by atoms with Crippen LogP contribution in [0.15, 0.2) is 10.9 Å². The summed E-state index contributed by atoms with van der Waals surface area (Å²) in [6.45, 7) is 0.959. The van der Waals surface area contributed by atoms with E-state index in [1.54, 1.807) is 5.51 Å². The first-order chi connectivity index (χ1) is 5.88. The standard InChI is InChI=1S/C8H10N2OS/c11-8(6-2-1-3-9-6)7-4-12-5-10-7/h4-6,9H,1-3H2. The van der Waals surface area contributed by atoms with Crippen molar-refractivity contribution in [3.05, 3.63) is 16.6 Å². The van der Waals surface area contributed by atoms with Gasteiger partial charge >= 0.3 is 0 Å². The molecule has 1 aliphatic rings. The average Bonchev–Trinajstić information content (AvgIpc) is 2.77. The summed E-state index contributed by atoms with van der Waals surface area (Å²) in [5.74, 6) is 0.147. The van der Waals surface area contributed by atoms with Crippen molar-refractivity contribution in [1.82, 2.24) is 10.3 Å². The fourth-order valence-electron chi connectivity index (χ4n) is 1.42. The molecule has 0 aromatic carbocycles. The lowest BCUT2D eigenvalue weighted by molar-refractivity contribution is 0.0948. The van der Waals surface area contributed by atoms with Gasteiger partial charge in [-0.15, -0.1) is 11.3 Å². The summed E-state index contributed by atoms with van der Waals surface area (Å²) >= 11 is 1.47. The van der Waals surface area contributed by atoms with Gasteiger partial charge in [-0.1, -0.05) is 0 Å². The maximum absolute atomic E-state index is 11.6. The summed E-state index contributed by atoms with van der Waals surface area (Å²) in [6.07, 6.45) is 2.05. The number of carbonyl (C=O) groups excluding carboxylic acids is 1. The Bertz CT molecular complexity index is 265. The van der Waals surface area contributed by atoms with Crippen LogP contribution in [0.3, 0.4) is 0 Å². The first-order valence-electron chi connectivity index (χ1n) is 4.04. The maximum atomic E-state index is 11.6. The van der Waals surface area contributed by atoms with Crippen molar-refractivity contribution in [2.45, 2.75) is 18.9 Å². The molecule has 2 heterocycles. The molecule has 0 amide bonds. The summed E-state index contributed by atoms with van der Waals surface area (Å²) in [6, 6.07) is 0.0205. The average molecular weight is 182 g/mol. The van der Waals surface area contributed by atoms with Crippen molar-refractivity contribution in [2.75, 3.05) is 6.54 Å². The van der Waals surface area contributed by atoms with Crippen LogP contribution in [0, 0.1) is 0 Å². The Kier molecular flexibility index (Phi) is 2.19. The molecule has 1 fully saturated rings. The molecule has 64 valence electrons. The minimum atomic E-state index is 0.0205. The molecule has 0 bridgehead atoms. The molecule has 12 heavy (non-hydrogen) atoms. The minimum Gasteiger partial charge on any atom is -0.307 e. The second kappa shape index (κ2) is 3.33. The van der Waals surface area contributed by atoms with E-state index in [9.17, 15) is 4.79 Å². The van der Waals surface area contributed by atoms with E-state index in [0.29, 0.717) is 5.69 Å². The van der Waals surface area contributed by atoms with Crippen LogP contribution in [0.25, 0.3) is 0 Å². The number of nitrogens with zero attached hydrogens (tertiary/aromatic N) is 1. The SMILES string of the molecule is O=C(c1cscn1)C1CCCN1.